The van der Waals surface area contributed by atoms with E-state index >= 15 is 0 Å². The van der Waals surface area contributed by atoms with Crippen LogP contribution in [0.25, 0.3) is 11.3 Å². The Morgan fingerprint density at radius 1 is 1.31 bits per heavy atom. The van der Waals surface area contributed by atoms with E-state index in [0.29, 0.717) is 5.69 Å². The monoisotopic (exact) mass is 219 g/mol. The fourth-order valence-electron chi connectivity index (χ4n) is 1.91. The average molecular weight is 219 g/mol. The number of rotatable bonds is 2. The number of aryl methyl sites for hydroxylation is 3. The van der Waals surface area contributed by atoms with Crippen LogP contribution in [0.2, 0.25) is 0 Å². The molecule has 0 aliphatic heterocycles. The van der Waals surface area contributed by atoms with E-state index in [9.17, 15) is 0 Å². The Hall–Kier alpha value is -1.78. The third-order valence-corrected chi connectivity index (χ3v) is 2.86. The smallest absolute Gasteiger partial charge is 0.119 e. The summed E-state index contributed by atoms with van der Waals surface area (Å²) in [5.74, 6) is 0. The summed E-state index contributed by atoms with van der Waals surface area (Å²) in [4.78, 5) is 0. The van der Waals surface area contributed by atoms with E-state index in [4.69, 9.17) is 5.73 Å². The standard InChI is InChI=1S/C11H17N5/c1-5-16-6-9(12)11(14-16)10-7(2)13-15(4)8(10)3/h6H,5,12H2,1-4H3. The average Bonchev–Trinajstić information content (AvgIpc) is 2.70. The summed E-state index contributed by atoms with van der Waals surface area (Å²) >= 11 is 0. The summed E-state index contributed by atoms with van der Waals surface area (Å²) in [6, 6.07) is 0. The largest absolute Gasteiger partial charge is 0.396 e. The molecule has 5 nitrogen and oxygen atoms in total. The molecule has 0 atom stereocenters. The van der Waals surface area contributed by atoms with Crippen LogP contribution in [0.1, 0.15) is 18.3 Å². The van der Waals surface area contributed by atoms with Crippen molar-refractivity contribution in [3.8, 4) is 11.3 Å². The van der Waals surface area contributed by atoms with E-state index in [1.54, 1.807) is 0 Å². The van der Waals surface area contributed by atoms with Crippen LogP contribution in [0.3, 0.4) is 0 Å². The van der Waals surface area contributed by atoms with Gasteiger partial charge in [0.1, 0.15) is 5.69 Å². The lowest BCUT2D eigenvalue weighted by Crippen LogP contribution is -1.95. The molecule has 0 radical (unpaired) electrons. The summed E-state index contributed by atoms with van der Waals surface area (Å²) in [5, 5.41) is 8.85. The van der Waals surface area contributed by atoms with Gasteiger partial charge in [0, 0.05) is 31.0 Å². The van der Waals surface area contributed by atoms with Gasteiger partial charge in [-0.25, -0.2) is 0 Å². The Bertz CT molecular complexity index is 521. The SMILES string of the molecule is CCn1cc(N)c(-c2c(C)nn(C)c2C)n1. The van der Waals surface area contributed by atoms with Gasteiger partial charge in [0.25, 0.3) is 0 Å². The van der Waals surface area contributed by atoms with Crippen molar-refractivity contribution in [1.82, 2.24) is 19.6 Å². The van der Waals surface area contributed by atoms with Gasteiger partial charge in [-0.3, -0.25) is 9.36 Å². The van der Waals surface area contributed by atoms with E-state index in [1.165, 1.54) is 0 Å². The van der Waals surface area contributed by atoms with Gasteiger partial charge in [-0.2, -0.15) is 10.2 Å². The zero-order valence-electron chi connectivity index (χ0n) is 10.2. The maximum atomic E-state index is 5.98. The molecule has 0 saturated carbocycles. The highest BCUT2D eigenvalue weighted by Gasteiger charge is 2.17. The fraction of sp³-hybridized carbons (Fsp3) is 0.455. The first-order valence-corrected chi connectivity index (χ1v) is 5.38. The first kappa shape index (κ1) is 10.7. The highest BCUT2D eigenvalue weighted by molar-refractivity contribution is 5.75. The van der Waals surface area contributed by atoms with Gasteiger partial charge in [0.05, 0.1) is 11.4 Å². The van der Waals surface area contributed by atoms with Crippen molar-refractivity contribution in [3.63, 3.8) is 0 Å². The zero-order chi connectivity index (χ0) is 11.9. The molecule has 2 aromatic rings. The molecule has 0 amide bonds. The van der Waals surface area contributed by atoms with Gasteiger partial charge in [-0.05, 0) is 20.8 Å². The number of nitrogen functional groups attached to an aromatic ring is 1. The fourth-order valence-corrected chi connectivity index (χ4v) is 1.91. The van der Waals surface area contributed by atoms with Gasteiger partial charge in [0.2, 0.25) is 0 Å². The van der Waals surface area contributed by atoms with E-state index in [1.807, 2.05) is 43.4 Å². The van der Waals surface area contributed by atoms with Crippen molar-refractivity contribution in [1.29, 1.82) is 0 Å². The van der Waals surface area contributed by atoms with Crippen LogP contribution >= 0.6 is 0 Å². The number of anilines is 1. The molecule has 2 N–H and O–H groups in total. The molecule has 0 aliphatic carbocycles. The van der Waals surface area contributed by atoms with E-state index in [2.05, 4.69) is 10.2 Å². The molecule has 0 fully saturated rings. The van der Waals surface area contributed by atoms with Crippen molar-refractivity contribution in [3.05, 3.63) is 17.6 Å². The molecule has 0 unspecified atom stereocenters. The molecule has 0 saturated heterocycles. The van der Waals surface area contributed by atoms with Crippen LogP contribution in [0.5, 0.6) is 0 Å². The minimum Gasteiger partial charge on any atom is -0.396 e. The molecular formula is C11H17N5. The molecule has 0 spiro atoms. The Balaban J connectivity index is 2.62. The molecule has 2 rings (SSSR count). The quantitative estimate of drug-likeness (QED) is 0.832. The van der Waals surface area contributed by atoms with Crippen LogP contribution in [-0.2, 0) is 13.6 Å². The molecule has 2 aromatic heterocycles. The maximum Gasteiger partial charge on any atom is 0.119 e. The van der Waals surface area contributed by atoms with Crippen molar-refractivity contribution in [2.24, 2.45) is 7.05 Å². The summed E-state index contributed by atoms with van der Waals surface area (Å²) in [6.07, 6.45) is 1.86. The minimum absolute atomic E-state index is 0.709. The van der Waals surface area contributed by atoms with Crippen LogP contribution in [0, 0.1) is 13.8 Å². The molecule has 5 heteroatoms. The van der Waals surface area contributed by atoms with E-state index in [0.717, 1.165) is 29.2 Å². The normalized spacial score (nSPS) is 11.0. The Morgan fingerprint density at radius 3 is 2.44 bits per heavy atom. The second kappa shape index (κ2) is 3.66. The van der Waals surface area contributed by atoms with Crippen molar-refractivity contribution < 1.29 is 0 Å². The van der Waals surface area contributed by atoms with Gasteiger partial charge in [-0.15, -0.1) is 0 Å². The molecule has 0 aliphatic rings. The first-order valence-electron chi connectivity index (χ1n) is 5.38. The molecule has 2 heterocycles. The van der Waals surface area contributed by atoms with Gasteiger partial charge >= 0.3 is 0 Å². The lowest BCUT2D eigenvalue weighted by atomic mass is 10.1. The lowest BCUT2D eigenvalue weighted by Gasteiger charge is -1.99. The second-order valence-corrected chi connectivity index (χ2v) is 3.96. The van der Waals surface area contributed by atoms with E-state index < -0.39 is 0 Å². The summed E-state index contributed by atoms with van der Waals surface area (Å²) in [7, 11) is 1.93. The maximum absolute atomic E-state index is 5.98. The second-order valence-electron chi connectivity index (χ2n) is 3.96. The van der Waals surface area contributed by atoms with Crippen molar-refractivity contribution in [2.75, 3.05) is 5.73 Å². The lowest BCUT2D eigenvalue weighted by molar-refractivity contribution is 0.662. The third kappa shape index (κ3) is 1.48. The predicted octanol–water partition coefficient (Wildman–Crippen LogP) is 1.50. The highest BCUT2D eigenvalue weighted by Crippen LogP contribution is 2.29. The number of aromatic nitrogens is 4. The molecule has 16 heavy (non-hydrogen) atoms. The summed E-state index contributed by atoms with van der Waals surface area (Å²) < 4.78 is 3.70. The van der Waals surface area contributed by atoms with Crippen LogP contribution in [-0.4, -0.2) is 19.6 Å². The van der Waals surface area contributed by atoms with Crippen LogP contribution < -0.4 is 5.73 Å². The molecule has 0 bridgehead atoms. The number of nitrogens with zero attached hydrogens (tertiary/aromatic N) is 4. The van der Waals surface area contributed by atoms with Crippen molar-refractivity contribution in [2.45, 2.75) is 27.3 Å². The first-order chi connectivity index (χ1) is 7.54. The molecule has 0 aromatic carbocycles. The number of nitrogens with two attached hydrogens (primary N) is 1. The molecule has 86 valence electrons. The van der Waals surface area contributed by atoms with Crippen LogP contribution in [0.15, 0.2) is 6.20 Å². The Morgan fingerprint density at radius 2 is 2.00 bits per heavy atom. The topological polar surface area (TPSA) is 61.7 Å². The number of hydrogen-bond donors (Lipinski definition) is 1. The zero-order valence-corrected chi connectivity index (χ0v) is 10.2. The summed E-state index contributed by atoms with van der Waals surface area (Å²) in [6.45, 7) is 6.87. The minimum atomic E-state index is 0.709. The van der Waals surface area contributed by atoms with Gasteiger partial charge in [-0.1, -0.05) is 0 Å². The Labute approximate surface area is 94.9 Å². The van der Waals surface area contributed by atoms with Gasteiger partial charge < -0.3 is 5.73 Å². The van der Waals surface area contributed by atoms with Crippen molar-refractivity contribution >= 4 is 5.69 Å². The third-order valence-electron chi connectivity index (χ3n) is 2.86. The summed E-state index contributed by atoms with van der Waals surface area (Å²) in [5.41, 5.74) is 10.6. The number of hydrogen-bond acceptors (Lipinski definition) is 3. The van der Waals surface area contributed by atoms with E-state index in [-0.39, 0.29) is 0 Å². The van der Waals surface area contributed by atoms with Crippen LogP contribution in [0.4, 0.5) is 5.69 Å². The molecular weight excluding hydrogens is 202 g/mol. The predicted molar refractivity (Wildman–Crippen MR) is 64.0 cm³/mol. The van der Waals surface area contributed by atoms with Gasteiger partial charge in [0.15, 0.2) is 0 Å². The highest BCUT2D eigenvalue weighted by atomic mass is 15.3. The Kier molecular flexibility index (Phi) is 2.46.